The Bertz CT molecular complexity index is 271. The predicted molar refractivity (Wildman–Crippen MR) is 82.7 cm³/mol. The van der Waals surface area contributed by atoms with Gasteiger partial charge in [0.2, 0.25) is 0 Å². The summed E-state index contributed by atoms with van der Waals surface area (Å²) in [5, 5.41) is 0. The number of nitrogens with two attached hydrogens (primary N) is 1. The highest BCUT2D eigenvalue weighted by Crippen LogP contribution is 2.39. The van der Waals surface area contributed by atoms with Crippen molar-refractivity contribution in [2.24, 2.45) is 17.6 Å². The fourth-order valence-electron chi connectivity index (χ4n) is 4.01. The first-order valence-corrected chi connectivity index (χ1v) is 8.68. The number of unbranched alkanes of at least 4 members (excludes halogenated alkanes) is 1. The lowest BCUT2D eigenvalue weighted by atomic mass is 9.73. The Balaban J connectivity index is 1.92. The molecule has 3 nitrogen and oxygen atoms in total. The second-order valence-corrected chi connectivity index (χ2v) is 6.78. The maximum Gasteiger partial charge on any atom is 0.0729 e. The van der Waals surface area contributed by atoms with E-state index in [2.05, 4.69) is 13.8 Å². The summed E-state index contributed by atoms with van der Waals surface area (Å²) < 4.78 is 11.6. The van der Waals surface area contributed by atoms with Gasteiger partial charge in [-0.3, -0.25) is 0 Å². The molecule has 2 rings (SSSR count). The minimum Gasteiger partial charge on any atom is -0.381 e. The highest BCUT2D eigenvalue weighted by atomic mass is 16.5. The molecular formula is C17H33NO2. The third-order valence-corrected chi connectivity index (χ3v) is 5.48. The number of ether oxygens (including phenoxy) is 2. The Kier molecular flexibility index (Phi) is 6.31. The summed E-state index contributed by atoms with van der Waals surface area (Å²) in [5.41, 5.74) is 6.73. The van der Waals surface area contributed by atoms with Crippen LogP contribution in [-0.2, 0) is 9.47 Å². The molecule has 20 heavy (non-hydrogen) atoms. The molecule has 2 N–H and O–H groups in total. The van der Waals surface area contributed by atoms with Crippen molar-refractivity contribution in [2.45, 2.75) is 76.9 Å². The van der Waals surface area contributed by atoms with Gasteiger partial charge in [0.05, 0.1) is 5.60 Å². The molecule has 3 unspecified atom stereocenters. The van der Waals surface area contributed by atoms with E-state index in [0.29, 0.717) is 17.9 Å². The van der Waals surface area contributed by atoms with Gasteiger partial charge in [-0.05, 0) is 43.9 Å². The van der Waals surface area contributed by atoms with Crippen LogP contribution in [-0.4, -0.2) is 31.5 Å². The molecule has 2 saturated heterocycles. The average Bonchev–Trinajstić information content (AvgIpc) is 2.48. The van der Waals surface area contributed by atoms with Crippen molar-refractivity contribution in [1.82, 2.24) is 0 Å². The first-order chi connectivity index (χ1) is 9.71. The van der Waals surface area contributed by atoms with E-state index in [-0.39, 0.29) is 5.60 Å². The van der Waals surface area contributed by atoms with E-state index in [1.165, 1.54) is 25.7 Å². The normalized spacial score (nSPS) is 29.2. The molecule has 3 atom stereocenters. The van der Waals surface area contributed by atoms with Crippen LogP contribution in [0.15, 0.2) is 0 Å². The standard InChI is InChI=1S/C17H33NO2/c1-3-5-6-14(4-2)16(18)15-7-10-20-17(13-15)8-11-19-12-9-17/h14-16H,3-13,18H2,1-2H3. The summed E-state index contributed by atoms with van der Waals surface area (Å²) in [7, 11) is 0. The van der Waals surface area contributed by atoms with Crippen molar-refractivity contribution in [3.63, 3.8) is 0 Å². The maximum absolute atomic E-state index is 6.65. The van der Waals surface area contributed by atoms with Gasteiger partial charge >= 0.3 is 0 Å². The molecule has 2 aliphatic heterocycles. The summed E-state index contributed by atoms with van der Waals surface area (Å²) in [6.45, 7) is 7.17. The van der Waals surface area contributed by atoms with Crippen LogP contribution < -0.4 is 5.73 Å². The lowest BCUT2D eigenvalue weighted by Crippen LogP contribution is -2.50. The summed E-state index contributed by atoms with van der Waals surface area (Å²) in [6.07, 6.45) is 9.51. The molecule has 2 heterocycles. The van der Waals surface area contributed by atoms with Crippen molar-refractivity contribution in [3.8, 4) is 0 Å². The van der Waals surface area contributed by atoms with Gasteiger partial charge in [-0.15, -0.1) is 0 Å². The lowest BCUT2D eigenvalue weighted by molar-refractivity contribution is -0.150. The van der Waals surface area contributed by atoms with Gasteiger partial charge in [0.1, 0.15) is 0 Å². The summed E-state index contributed by atoms with van der Waals surface area (Å²) in [5.74, 6) is 1.33. The number of rotatable bonds is 6. The monoisotopic (exact) mass is 283 g/mol. The van der Waals surface area contributed by atoms with Crippen molar-refractivity contribution < 1.29 is 9.47 Å². The number of hydrogen-bond acceptors (Lipinski definition) is 3. The predicted octanol–water partition coefficient (Wildman–Crippen LogP) is 3.51. The second kappa shape index (κ2) is 7.77. The minimum absolute atomic E-state index is 0.0852. The molecule has 0 aromatic rings. The molecular weight excluding hydrogens is 250 g/mol. The van der Waals surface area contributed by atoms with Crippen LogP contribution in [0.5, 0.6) is 0 Å². The van der Waals surface area contributed by atoms with Crippen molar-refractivity contribution >= 4 is 0 Å². The van der Waals surface area contributed by atoms with Crippen molar-refractivity contribution in [1.29, 1.82) is 0 Å². The van der Waals surface area contributed by atoms with Crippen molar-refractivity contribution in [2.75, 3.05) is 19.8 Å². The van der Waals surface area contributed by atoms with Gasteiger partial charge in [-0.1, -0.05) is 33.1 Å². The van der Waals surface area contributed by atoms with Crippen LogP contribution in [0, 0.1) is 11.8 Å². The van der Waals surface area contributed by atoms with E-state index in [4.69, 9.17) is 15.2 Å². The fraction of sp³-hybridized carbons (Fsp3) is 1.00. The number of hydrogen-bond donors (Lipinski definition) is 1. The first-order valence-electron chi connectivity index (χ1n) is 8.68. The second-order valence-electron chi connectivity index (χ2n) is 6.78. The summed E-state index contributed by atoms with van der Waals surface area (Å²) in [4.78, 5) is 0. The van der Waals surface area contributed by atoms with Gasteiger partial charge < -0.3 is 15.2 Å². The van der Waals surface area contributed by atoms with Gasteiger partial charge in [0.15, 0.2) is 0 Å². The van der Waals surface area contributed by atoms with E-state index in [1.54, 1.807) is 0 Å². The molecule has 0 aromatic carbocycles. The zero-order valence-corrected chi connectivity index (χ0v) is 13.4. The smallest absolute Gasteiger partial charge is 0.0729 e. The van der Waals surface area contributed by atoms with Crippen LogP contribution in [0.2, 0.25) is 0 Å². The Hall–Kier alpha value is -0.120. The SMILES string of the molecule is CCCCC(CC)C(N)C1CCOC2(CCOCC2)C1. The Morgan fingerprint density at radius 3 is 2.60 bits per heavy atom. The van der Waals surface area contributed by atoms with Gasteiger partial charge in [-0.2, -0.15) is 0 Å². The zero-order valence-electron chi connectivity index (χ0n) is 13.4. The topological polar surface area (TPSA) is 44.5 Å². The zero-order chi connectivity index (χ0) is 14.4. The molecule has 2 fully saturated rings. The third-order valence-electron chi connectivity index (χ3n) is 5.48. The first kappa shape index (κ1) is 16.3. The quantitative estimate of drug-likeness (QED) is 0.811. The summed E-state index contributed by atoms with van der Waals surface area (Å²) >= 11 is 0. The Morgan fingerprint density at radius 2 is 1.95 bits per heavy atom. The lowest BCUT2D eigenvalue weighted by Gasteiger charge is -2.46. The Labute approximate surface area is 124 Å². The van der Waals surface area contributed by atoms with Crippen LogP contribution in [0.25, 0.3) is 0 Å². The average molecular weight is 283 g/mol. The van der Waals surface area contributed by atoms with Crippen LogP contribution in [0.1, 0.15) is 65.2 Å². The fourth-order valence-corrected chi connectivity index (χ4v) is 4.01. The van der Waals surface area contributed by atoms with Gasteiger partial charge in [0, 0.05) is 25.9 Å². The molecule has 0 amide bonds. The molecule has 0 saturated carbocycles. The summed E-state index contributed by atoms with van der Waals surface area (Å²) in [6, 6.07) is 0.357. The molecule has 0 radical (unpaired) electrons. The van der Waals surface area contributed by atoms with E-state index in [9.17, 15) is 0 Å². The molecule has 2 aliphatic rings. The van der Waals surface area contributed by atoms with Crippen LogP contribution >= 0.6 is 0 Å². The van der Waals surface area contributed by atoms with Crippen LogP contribution in [0.3, 0.4) is 0 Å². The largest absolute Gasteiger partial charge is 0.381 e. The van der Waals surface area contributed by atoms with Gasteiger partial charge in [-0.25, -0.2) is 0 Å². The van der Waals surface area contributed by atoms with Crippen molar-refractivity contribution in [3.05, 3.63) is 0 Å². The van der Waals surface area contributed by atoms with Gasteiger partial charge in [0.25, 0.3) is 0 Å². The highest BCUT2D eigenvalue weighted by molar-refractivity contribution is 4.93. The molecule has 0 aliphatic carbocycles. The molecule has 118 valence electrons. The minimum atomic E-state index is 0.0852. The van der Waals surface area contributed by atoms with E-state index < -0.39 is 0 Å². The van der Waals surface area contributed by atoms with E-state index >= 15 is 0 Å². The highest BCUT2D eigenvalue weighted by Gasteiger charge is 2.41. The Morgan fingerprint density at radius 1 is 1.20 bits per heavy atom. The molecule has 0 aromatic heterocycles. The van der Waals surface area contributed by atoms with E-state index in [1.807, 2.05) is 0 Å². The van der Waals surface area contributed by atoms with Crippen LogP contribution in [0.4, 0.5) is 0 Å². The molecule has 3 heteroatoms. The third kappa shape index (κ3) is 3.96. The molecule has 0 bridgehead atoms. The molecule has 1 spiro atoms. The maximum atomic E-state index is 6.65. The van der Waals surface area contributed by atoms with E-state index in [0.717, 1.165) is 45.5 Å².